The number of nitrogens with one attached hydrogen (secondary N) is 2. The number of aryl methyl sites for hydroxylation is 1. The van der Waals surface area contributed by atoms with Gasteiger partial charge in [0.15, 0.2) is 0 Å². The number of methoxy groups -OCH3 is 1. The lowest BCUT2D eigenvalue weighted by atomic mass is 9.90. The van der Waals surface area contributed by atoms with Crippen molar-refractivity contribution in [3.05, 3.63) is 71.8 Å². The van der Waals surface area contributed by atoms with E-state index in [-0.39, 0.29) is 6.54 Å². The van der Waals surface area contributed by atoms with Crippen LogP contribution >= 0.6 is 0 Å². The number of benzene rings is 3. The average molecular weight is 417 g/mol. The first-order chi connectivity index (χ1) is 14.8. The van der Waals surface area contributed by atoms with Gasteiger partial charge < -0.3 is 15.4 Å². The fraction of sp³-hybridized carbons (Fsp3) is 0.208. The number of nitrogens with zero attached hydrogens (tertiary/aromatic N) is 1. The van der Waals surface area contributed by atoms with Gasteiger partial charge in [-0.1, -0.05) is 35.9 Å². The second-order valence-corrected chi connectivity index (χ2v) is 7.79. The third-order valence-electron chi connectivity index (χ3n) is 5.54. The number of fused-ring (bicyclic) bond motifs is 1. The van der Waals surface area contributed by atoms with Crippen molar-refractivity contribution in [2.75, 3.05) is 19.0 Å². The number of carbonyl (C=O) groups is 3. The first-order valence-corrected chi connectivity index (χ1v) is 9.89. The average Bonchev–Trinajstić information content (AvgIpc) is 2.98. The third kappa shape index (κ3) is 3.82. The van der Waals surface area contributed by atoms with Crippen molar-refractivity contribution in [1.29, 1.82) is 0 Å². The molecule has 0 aromatic heterocycles. The molecule has 1 unspecified atom stereocenters. The van der Waals surface area contributed by atoms with Gasteiger partial charge >= 0.3 is 6.03 Å². The largest absolute Gasteiger partial charge is 0.497 e. The minimum Gasteiger partial charge on any atom is -0.497 e. The number of rotatable bonds is 5. The predicted molar refractivity (Wildman–Crippen MR) is 118 cm³/mol. The van der Waals surface area contributed by atoms with Crippen molar-refractivity contribution in [3.8, 4) is 5.75 Å². The monoisotopic (exact) mass is 417 g/mol. The zero-order chi connectivity index (χ0) is 22.2. The Bertz CT molecular complexity index is 1190. The second kappa shape index (κ2) is 7.75. The number of urea groups is 1. The van der Waals surface area contributed by atoms with E-state index >= 15 is 0 Å². The molecule has 1 saturated heterocycles. The Balaban J connectivity index is 1.54. The molecule has 0 bridgehead atoms. The standard InChI is InChI=1S/C24H23N3O4/c1-15-4-9-19(10-5-15)25-21(28)14-27-22(29)24(2,26-23(27)30)18-8-6-17-13-20(31-3)11-7-16(17)12-18/h4-13H,14H2,1-3H3,(H,25,28)(H,26,30). The van der Waals surface area contributed by atoms with Crippen molar-refractivity contribution >= 4 is 34.3 Å². The summed E-state index contributed by atoms with van der Waals surface area (Å²) in [5.74, 6) is -0.172. The van der Waals surface area contributed by atoms with Crippen LogP contribution in [0.2, 0.25) is 0 Å². The molecule has 1 atom stereocenters. The molecule has 31 heavy (non-hydrogen) atoms. The third-order valence-corrected chi connectivity index (χ3v) is 5.54. The van der Waals surface area contributed by atoms with Crippen molar-refractivity contribution in [3.63, 3.8) is 0 Å². The predicted octanol–water partition coefficient (Wildman–Crippen LogP) is 3.56. The van der Waals surface area contributed by atoms with Crippen molar-refractivity contribution < 1.29 is 19.1 Å². The van der Waals surface area contributed by atoms with Gasteiger partial charge in [-0.15, -0.1) is 0 Å². The first-order valence-electron chi connectivity index (χ1n) is 9.89. The van der Waals surface area contributed by atoms with Crippen LogP contribution < -0.4 is 15.4 Å². The number of hydrogen-bond acceptors (Lipinski definition) is 4. The molecule has 0 aliphatic carbocycles. The van der Waals surface area contributed by atoms with Gasteiger partial charge in [-0.05, 0) is 60.5 Å². The fourth-order valence-corrected chi connectivity index (χ4v) is 3.68. The van der Waals surface area contributed by atoms with E-state index in [9.17, 15) is 14.4 Å². The summed E-state index contributed by atoms with van der Waals surface area (Å²) in [5, 5.41) is 7.33. The summed E-state index contributed by atoms with van der Waals surface area (Å²) in [6.07, 6.45) is 0. The lowest BCUT2D eigenvalue weighted by Gasteiger charge is -2.22. The number of carbonyl (C=O) groups excluding carboxylic acids is 3. The van der Waals surface area contributed by atoms with E-state index in [1.54, 1.807) is 32.2 Å². The Morgan fingerprint density at radius 1 is 1.03 bits per heavy atom. The minimum absolute atomic E-state index is 0.362. The molecule has 158 valence electrons. The van der Waals surface area contributed by atoms with Crippen LogP contribution in [0.15, 0.2) is 60.7 Å². The summed E-state index contributed by atoms with van der Waals surface area (Å²) < 4.78 is 5.25. The van der Waals surface area contributed by atoms with E-state index in [1.165, 1.54) is 0 Å². The molecule has 1 heterocycles. The molecule has 0 spiro atoms. The molecule has 3 aromatic carbocycles. The molecular weight excluding hydrogens is 394 g/mol. The Labute approximate surface area is 180 Å². The molecule has 2 N–H and O–H groups in total. The van der Waals surface area contributed by atoms with E-state index in [0.717, 1.165) is 27.0 Å². The van der Waals surface area contributed by atoms with Crippen molar-refractivity contribution in [1.82, 2.24) is 10.2 Å². The van der Waals surface area contributed by atoms with Crippen LogP contribution in [-0.4, -0.2) is 36.4 Å². The van der Waals surface area contributed by atoms with Crippen LogP contribution in [0.3, 0.4) is 0 Å². The molecule has 4 rings (SSSR count). The summed E-state index contributed by atoms with van der Waals surface area (Å²) in [6.45, 7) is 3.23. The van der Waals surface area contributed by atoms with Gasteiger partial charge in [0.2, 0.25) is 5.91 Å². The molecule has 4 amide bonds. The van der Waals surface area contributed by atoms with E-state index in [4.69, 9.17) is 4.74 Å². The zero-order valence-electron chi connectivity index (χ0n) is 17.6. The number of hydrogen-bond donors (Lipinski definition) is 2. The van der Waals surface area contributed by atoms with E-state index in [1.807, 2.05) is 49.4 Å². The lowest BCUT2D eigenvalue weighted by molar-refractivity contribution is -0.133. The second-order valence-electron chi connectivity index (χ2n) is 7.79. The Hall–Kier alpha value is -3.87. The van der Waals surface area contributed by atoms with Crippen molar-refractivity contribution in [2.45, 2.75) is 19.4 Å². The topological polar surface area (TPSA) is 87.7 Å². The maximum Gasteiger partial charge on any atom is 0.325 e. The van der Waals surface area contributed by atoms with Crippen LogP contribution in [0.1, 0.15) is 18.1 Å². The molecule has 1 aliphatic rings. The van der Waals surface area contributed by atoms with Gasteiger partial charge in [0.1, 0.15) is 17.8 Å². The lowest BCUT2D eigenvalue weighted by Crippen LogP contribution is -2.42. The number of imide groups is 1. The molecule has 7 nitrogen and oxygen atoms in total. The maximum atomic E-state index is 13.1. The summed E-state index contributed by atoms with van der Waals surface area (Å²) in [6, 6.07) is 17.9. The number of amides is 4. The quantitative estimate of drug-likeness (QED) is 0.622. The van der Waals surface area contributed by atoms with Crippen molar-refractivity contribution in [2.24, 2.45) is 0 Å². The van der Waals surface area contributed by atoms with Gasteiger partial charge in [0, 0.05) is 5.69 Å². The Morgan fingerprint density at radius 3 is 2.42 bits per heavy atom. The van der Waals surface area contributed by atoms with Gasteiger partial charge in [0.25, 0.3) is 5.91 Å². The highest BCUT2D eigenvalue weighted by atomic mass is 16.5. The fourth-order valence-electron chi connectivity index (χ4n) is 3.68. The summed E-state index contributed by atoms with van der Waals surface area (Å²) in [5.41, 5.74) is 1.06. The number of ether oxygens (including phenoxy) is 1. The molecular formula is C24H23N3O4. The van der Waals surface area contributed by atoms with Crippen LogP contribution in [0.25, 0.3) is 10.8 Å². The normalized spacial score (nSPS) is 18.2. The molecule has 1 aliphatic heterocycles. The summed E-state index contributed by atoms with van der Waals surface area (Å²) >= 11 is 0. The Morgan fingerprint density at radius 2 is 1.71 bits per heavy atom. The smallest absolute Gasteiger partial charge is 0.325 e. The SMILES string of the molecule is COc1ccc2cc(C3(C)NC(=O)N(CC(=O)Nc4ccc(C)cc4)C3=O)ccc2c1. The molecule has 3 aromatic rings. The molecule has 1 fully saturated rings. The summed E-state index contributed by atoms with van der Waals surface area (Å²) in [4.78, 5) is 39.1. The highest BCUT2D eigenvalue weighted by molar-refractivity contribution is 6.10. The highest BCUT2D eigenvalue weighted by Crippen LogP contribution is 2.32. The van der Waals surface area contributed by atoms with E-state index in [2.05, 4.69) is 10.6 Å². The van der Waals surface area contributed by atoms with Crippen LogP contribution in [0.4, 0.5) is 10.5 Å². The minimum atomic E-state index is -1.25. The molecule has 7 heteroatoms. The first kappa shape index (κ1) is 20.4. The van der Waals surface area contributed by atoms with Gasteiger partial charge in [-0.3, -0.25) is 14.5 Å². The molecule has 0 saturated carbocycles. The summed E-state index contributed by atoms with van der Waals surface area (Å²) in [7, 11) is 1.60. The maximum absolute atomic E-state index is 13.1. The molecule has 0 radical (unpaired) electrons. The van der Waals surface area contributed by atoms with Gasteiger partial charge in [-0.2, -0.15) is 0 Å². The van der Waals surface area contributed by atoms with Gasteiger partial charge in [0.05, 0.1) is 7.11 Å². The van der Waals surface area contributed by atoms with Gasteiger partial charge in [-0.25, -0.2) is 4.79 Å². The van der Waals surface area contributed by atoms with Crippen LogP contribution in [-0.2, 0) is 15.1 Å². The van der Waals surface area contributed by atoms with E-state index in [0.29, 0.717) is 11.3 Å². The highest BCUT2D eigenvalue weighted by Gasteiger charge is 2.49. The van der Waals surface area contributed by atoms with Crippen LogP contribution in [0.5, 0.6) is 5.75 Å². The Kier molecular flexibility index (Phi) is 5.10. The zero-order valence-corrected chi connectivity index (χ0v) is 17.6. The number of anilines is 1. The van der Waals surface area contributed by atoms with Crippen LogP contribution in [0, 0.1) is 6.92 Å². The van der Waals surface area contributed by atoms with E-state index < -0.39 is 23.4 Å².